The molecule has 1 aliphatic rings. The third-order valence-electron chi connectivity index (χ3n) is 4.67. The highest BCUT2D eigenvalue weighted by molar-refractivity contribution is 6.34. The van der Waals surface area contributed by atoms with Crippen LogP contribution < -0.4 is 5.32 Å². The quantitative estimate of drug-likeness (QED) is 0.835. The predicted molar refractivity (Wildman–Crippen MR) is 86.3 cm³/mol. The molecule has 4 atom stereocenters. The fourth-order valence-corrected chi connectivity index (χ4v) is 3.75. The van der Waals surface area contributed by atoms with Crippen molar-refractivity contribution in [3.63, 3.8) is 0 Å². The number of hydrogen-bond donors (Lipinski definition) is 1. The molecular weight excluding hydrogens is 291 g/mol. The van der Waals surface area contributed by atoms with Crippen molar-refractivity contribution in [2.24, 2.45) is 17.8 Å². The molecule has 0 bridgehead atoms. The maximum atomic E-state index is 6.36. The number of halogens is 2. The van der Waals surface area contributed by atoms with Crippen LogP contribution in [-0.2, 0) is 0 Å². The van der Waals surface area contributed by atoms with Crippen molar-refractivity contribution < 1.29 is 0 Å². The van der Waals surface area contributed by atoms with Crippen LogP contribution in [0.25, 0.3) is 0 Å². The number of nitrogens with zero attached hydrogens (tertiary/aromatic N) is 1. The van der Waals surface area contributed by atoms with E-state index in [9.17, 15) is 0 Å². The van der Waals surface area contributed by atoms with Crippen molar-refractivity contribution in [1.82, 2.24) is 10.3 Å². The van der Waals surface area contributed by atoms with E-state index in [1.54, 1.807) is 12.3 Å². The summed E-state index contributed by atoms with van der Waals surface area (Å²) in [4.78, 5) is 4.49. The zero-order chi connectivity index (χ0) is 14.7. The highest BCUT2D eigenvalue weighted by Gasteiger charge is 2.32. The Kier molecular flexibility index (Phi) is 5.71. The van der Waals surface area contributed by atoms with E-state index >= 15 is 0 Å². The minimum absolute atomic E-state index is 0.236. The molecule has 112 valence electrons. The van der Waals surface area contributed by atoms with Crippen LogP contribution in [0.4, 0.5) is 0 Å². The number of nitrogens with one attached hydrogen (secondary N) is 1. The lowest BCUT2D eigenvalue weighted by Crippen LogP contribution is -2.34. The molecule has 1 aromatic rings. The third-order valence-corrected chi connectivity index (χ3v) is 5.17. The molecule has 1 N–H and O–H groups in total. The molecule has 4 unspecified atom stereocenters. The highest BCUT2D eigenvalue weighted by atomic mass is 35.5. The van der Waals surface area contributed by atoms with Crippen LogP contribution >= 0.6 is 23.2 Å². The largest absolute Gasteiger partial charge is 0.309 e. The molecule has 4 heteroatoms. The zero-order valence-corrected chi connectivity index (χ0v) is 14.0. The number of pyridine rings is 1. The molecule has 0 amide bonds. The van der Waals surface area contributed by atoms with E-state index in [1.165, 1.54) is 19.3 Å². The lowest BCUT2D eigenvalue weighted by Gasteiger charge is -2.37. The summed E-state index contributed by atoms with van der Waals surface area (Å²) in [7, 11) is 0. The molecule has 1 fully saturated rings. The summed E-state index contributed by atoms with van der Waals surface area (Å²) in [6.07, 6.45) is 5.46. The second kappa shape index (κ2) is 7.11. The second-order valence-electron chi connectivity index (χ2n) is 6.08. The van der Waals surface area contributed by atoms with Gasteiger partial charge in [-0.1, -0.05) is 50.4 Å². The van der Waals surface area contributed by atoms with Gasteiger partial charge in [-0.25, -0.2) is 0 Å². The SMILES string of the molecule is CCNC(c1ncc(Cl)cc1Cl)C1CCC(C)C(C)C1. The zero-order valence-electron chi connectivity index (χ0n) is 12.5. The Morgan fingerprint density at radius 3 is 2.65 bits per heavy atom. The average molecular weight is 315 g/mol. The maximum Gasteiger partial charge on any atom is 0.0762 e. The minimum atomic E-state index is 0.236. The van der Waals surface area contributed by atoms with Gasteiger partial charge in [0.1, 0.15) is 0 Å². The molecule has 1 aromatic heterocycles. The van der Waals surface area contributed by atoms with Gasteiger partial charge in [0.2, 0.25) is 0 Å². The average Bonchev–Trinajstić information content (AvgIpc) is 2.40. The smallest absolute Gasteiger partial charge is 0.0762 e. The summed E-state index contributed by atoms with van der Waals surface area (Å²) >= 11 is 12.3. The van der Waals surface area contributed by atoms with Crippen molar-refractivity contribution in [2.45, 2.75) is 46.1 Å². The van der Waals surface area contributed by atoms with E-state index in [4.69, 9.17) is 23.2 Å². The van der Waals surface area contributed by atoms with Gasteiger partial charge in [-0.05, 0) is 43.2 Å². The molecule has 1 heterocycles. The Balaban J connectivity index is 2.22. The summed E-state index contributed by atoms with van der Waals surface area (Å²) in [5, 5.41) is 4.85. The van der Waals surface area contributed by atoms with Crippen molar-refractivity contribution in [2.75, 3.05) is 6.54 Å². The molecule has 2 rings (SSSR count). The van der Waals surface area contributed by atoms with Gasteiger partial charge in [0, 0.05) is 6.20 Å². The Labute approximate surface area is 132 Å². The Hall–Kier alpha value is -0.310. The highest BCUT2D eigenvalue weighted by Crippen LogP contribution is 2.41. The molecule has 1 saturated carbocycles. The molecule has 0 radical (unpaired) electrons. The molecule has 20 heavy (non-hydrogen) atoms. The Bertz CT molecular complexity index is 450. The summed E-state index contributed by atoms with van der Waals surface area (Å²) in [5.41, 5.74) is 0.949. The standard InChI is InChI=1S/C16H24Cl2N2/c1-4-19-15(12-6-5-10(2)11(3)7-12)16-14(18)8-13(17)9-20-16/h8-12,15,19H,4-7H2,1-3H3. The van der Waals surface area contributed by atoms with Crippen molar-refractivity contribution in [3.05, 3.63) is 28.0 Å². The van der Waals surface area contributed by atoms with Crippen molar-refractivity contribution in [1.29, 1.82) is 0 Å². The first-order chi connectivity index (χ1) is 9.52. The Morgan fingerprint density at radius 2 is 2.05 bits per heavy atom. The summed E-state index contributed by atoms with van der Waals surface area (Å²) in [6.45, 7) is 7.77. The van der Waals surface area contributed by atoms with Crippen LogP contribution in [0.5, 0.6) is 0 Å². The summed E-state index contributed by atoms with van der Waals surface area (Å²) in [5.74, 6) is 2.19. The first-order valence-electron chi connectivity index (χ1n) is 7.57. The minimum Gasteiger partial charge on any atom is -0.309 e. The van der Waals surface area contributed by atoms with E-state index in [2.05, 4.69) is 31.1 Å². The molecule has 2 nitrogen and oxygen atoms in total. The molecule has 0 aliphatic heterocycles. The van der Waals surface area contributed by atoms with Gasteiger partial charge in [-0.3, -0.25) is 4.98 Å². The van der Waals surface area contributed by atoms with Gasteiger partial charge in [-0.15, -0.1) is 0 Å². The van der Waals surface area contributed by atoms with E-state index < -0.39 is 0 Å². The fraction of sp³-hybridized carbons (Fsp3) is 0.688. The van der Waals surface area contributed by atoms with E-state index in [0.29, 0.717) is 16.0 Å². The first kappa shape index (κ1) is 16.1. The normalized spacial score (nSPS) is 28.4. The van der Waals surface area contributed by atoms with E-state index in [-0.39, 0.29) is 6.04 Å². The van der Waals surface area contributed by atoms with Crippen molar-refractivity contribution >= 4 is 23.2 Å². The number of hydrogen-bond acceptors (Lipinski definition) is 2. The summed E-state index contributed by atoms with van der Waals surface area (Å²) in [6, 6.07) is 2.03. The van der Waals surface area contributed by atoms with Crippen LogP contribution in [-0.4, -0.2) is 11.5 Å². The molecule has 1 aliphatic carbocycles. The van der Waals surface area contributed by atoms with Gasteiger partial charge in [0.05, 0.1) is 21.8 Å². The molecule has 0 aromatic carbocycles. The molecular formula is C16H24Cl2N2. The van der Waals surface area contributed by atoms with Gasteiger partial charge in [0.25, 0.3) is 0 Å². The third kappa shape index (κ3) is 3.66. The first-order valence-corrected chi connectivity index (χ1v) is 8.32. The van der Waals surface area contributed by atoms with Crippen LogP contribution in [0, 0.1) is 17.8 Å². The Morgan fingerprint density at radius 1 is 1.30 bits per heavy atom. The van der Waals surface area contributed by atoms with Gasteiger partial charge in [0.15, 0.2) is 0 Å². The van der Waals surface area contributed by atoms with Crippen LogP contribution in [0.2, 0.25) is 10.0 Å². The van der Waals surface area contributed by atoms with Crippen LogP contribution in [0.1, 0.15) is 51.8 Å². The fourth-order valence-electron chi connectivity index (χ4n) is 3.25. The molecule has 0 spiro atoms. The maximum absolute atomic E-state index is 6.36. The summed E-state index contributed by atoms with van der Waals surface area (Å²) < 4.78 is 0. The number of rotatable bonds is 4. The van der Waals surface area contributed by atoms with Gasteiger partial charge >= 0.3 is 0 Å². The lowest BCUT2D eigenvalue weighted by molar-refractivity contribution is 0.170. The lowest BCUT2D eigenvalue weighted by atomic mass is 9.72. The van der Waals surface area contributed by atoms with Crippen LogP contribution in [0.15, 0.2) is 12.3 Å². The number of aromatic nitrogens is 1. The van der Waals surface area contributed by atoms with Crippen molar-refractivity contribution in [3.8, 4) is 0 Å². The van der Waals surface area contributed by atoms with Crippen LogP contribution in [0.3, 0.4) is 0 Å². The van der Waals surface area contributed by atoms with Gasteiger partial charge < -0.3 is 5.32 Å². The second-order valence-corrected chi connectivity index (χ2v) is 6.93. The predicted octanol–water partition coefficient (Wildman–Crippen LogP) is 5.11. The van der Waals surface area contributed by atoms with E-state index in [0.717, 1.165) is 24.1 Å². The van der Waals surface area contributed by atoms with Gasteiger partial charge in [-0.2, -0.15) is 0 Å². The topological polar surface area (TPSA) is 24.9 Å². The molecule has 0 saturated heterocycles. The van der Waals surface area contributed by atoms with E-state index in [1.807, 2.05) is 0 Å². The monoisotopic (exact) mass is 314 g/mol.